The second-order valence-corrected chi connectivity index (χ2v) is 9.03. The molecular formula is C22H28N4O2S. The molecule has 1 amide bonds. The van der Waals surface area contributed by atoms with E-state index in [0.29, 0.717) is 6.61 Å². The van der Waals surface area contributed by atoms with Crippen LogP contribution in [0.5, 0.6) is 0 Å². The Hall–Kier alpha value is -2.22. The average Bonchev–Trinajstić information content (AvgIpc) is 3.21. The van der Waals surface area contributed by atoms with E-state index in [0.717, 1.165) is 45.9 Å². The van der Waals surface area contributed by atoms with Crippen LogP contribution in [0, 0.1) is 6.92 Å². The highest BCUT2D eigenvalue weighted by Gasteiger charge is 2.30. The van der Waals surface area contributed by atoms with Crippen LogP contribution in [0.15, 0.2) is 30.5 Å². The van der Waals surface area contributed by atoms with Gasteiger partial charge in [-0.2, -0.15) is 5.10 Å². The number of morpholine rings is 1. The van der Waals surface area contributed by atoms with Crippen molar-refractivity contribution in [2.75, 3.05) is 19.7 Å². The number of hydrogen-bond donors (Lipinski definition) is 1. The zero-order chi connectivity index (χ0) is 20.5. The molecule has 6 nitrogen and oxygen atoms in total. The van der Waals surface area contributed by atoms with Gasteiger partial charge in [-0.15, -0.1) is 11.3 Å². The summed E-state index contributed by atoms with van der Waals surface area (Å²) in [4.78, 5) is 16.1. The first-order valence-corrected chi connectivity index (χ1v) is 10.9. The van der Waals surface area contributed by atoms with Crippen LogP contribution in [0.3, 0.4) is 0 Å². The number of aromatic nitrogens is 2. The van der Waals surface area contributed by atoms with Gasteiger partial charge in [0.25, 0.3) is 5.91 Å². The maximum atomic E-state index is 12.9. The summed E-state index contributed by atoms with van der Waals surface area (Å²) in [5.74, 6) is -0.0139. The quantitative estimate of drug-likeness (QED) is 0.695. The lowest BCUT2D eigenvalue weighted by Crippen LogP contribution is -2.38. The highest BCUT2D eigenvalue weighted by Crippen LogP contribution is 2.38. The van der Waals surface area contributed by atoms with Crippen LogP contribution in [0.25, 0.3) is 10.1 Å². The monoisotopic (exact) mass is 412 g/mol. The van der Waals surface area contributed by atoms with Crippen LogP contribution in [0.4, 0.5) is 0 Å². The summed E-state index contributed by atoms with van der Waals surface area (Å²) in [5.41, 5.74) is 3.32. The number of nitrogens with zero attached hydrogens (tertiary/aromatic N) is 3. The summed E-state index contributed by atoms with van der Waals surface area (Å²) in [6.45, 7) is 9.15. The van der Waals surface area contributed by atoms with E-state index in [1.54, 1.807) is 11.3 Å². The minimum Gasteiger partial charge on any atom is -0.371 e. The molecule has 2 aromatic heterocycles. The van der Waals surface area contributed by atoms with Gasteiger partial charge in [-0.05, 0) is 32.2 Å². The number of rotatable bonds is 5. The fourth-order valence-corrected chi connectivity index (χ4v) is 5.10. The molecule has 1 aliphatic heterocycles. The lowest BCUT2D eigenvalue weighted by molar-refractivity contribution is -0.0323. The number of nitrogens with one attached hydrogen (secondary N) is 1. The molecule has 3 aromatic rings. The lowest BCUT2D eigenvalue weighted by Gasteiger charge is -2.33. The molecule has 4 rings (SSSR count). The van der Waals surface area contributed by atoms with Gasteiger partial charge in [0.1, 0.15) is 0 Å². The average molecular weight is 413 g/mol. The number of fused-ring (bicyclic) bond motifs is 1. The van der Waals surface area contributed by atoms with E-state index in [4.69, 9.17) is 4.74 Å². The van der Waals surface area contributed by atoms with E-state index in [9.17, 15) is 4.79 Å². The van der Waals surface area contributed by atoms with E-state index in [-0.39, 0.29) is 18.1 Å². The molecule has 0 bridgehead atoms. The molecule has 154 valence electrons. The van der Waals surface area contributed by atoms with E-state index in [1.165, 1.54) is 5.56 Å². The van der Waals surface area contributed by atoms with Crippen molar-refractivity contribution in [3.8, 4) is 0 Å². The molecule has 1 atom stereocenters. The van der Waals surface area contributed by atoms with Crippen molar-refractivity contribution < 1.29 is 9.53 Å². The van der Waals surface area contributed by atoms with E-state index in [1.807, 2.05) is 44.6 Å². The molecule has 0 radical (unpaired) electrons. The van der Waals surface area contributed by atoms with Gasteiger partial charge >= 0.3 is 0 Å². The van der Waals surface area contributed by atoms with E-state index < -0.39 is 0 Å². The van der Waals surface area contributed by atoms with Gasteiger partial charge in [0.05, 0.1) is 23.3 Å². The smallest absolute Gasteiger partial charge is 0.261 e. The lowest BCUT2D eigenvalue weighted by atomic mass is 10.0. The van der Waals surface area contributed by atoms with Gasteiger partial charge in [-0.25, -0.2) is 0 Å². The van der Waals surface area contributed by atoms with Gasteiger partial charge in [-0.1, -0.05) is 18.2 Å². The second-order valence-electron chi connectivity index (χ2n) is 7.98. The number of carbonyl (C=O) groups is 1. The number of hydrogen-bond acceptors (Lipinski definition) is 5. The Morgan fingerprint density at radius 2 is 2.17 bits per heavy atom. The van der Waals surface area contributed by atoms with Crippen molar-refractivity contribution in [2.45, 2.75) is 39.5 Å². The maximum Gasteiger partial charge on any atom is 0.261 e. The number of carbonyl (C=O) groups excluding carboxylic acids is 1. The Morgan fingerprint density at radius 1 is 1.38 bits per heavy atom. The zero-order valence-corrected chi connectivity index (χ0v) is 18.3. The Balaban J connectivity index is 1.64. The van der Waals surface area contributed by atoms with Crippen molar-refractivity contribution in [2.24, 2.45) is 7.05 Å². The largest absolute Gasteiger partial charge is 0.371 e. The zero-order valence-electron chi connectivity index (χ0n) is 17.4. The second kappa shape index (κ2) is 8.26. The molecule has 3 heterocycles. The molecule has 1 N–H and O–H groups in total. The summed E-state index contributed by atoms with van der Waals surface area (Å²) in [6.07, 6.45) is 1.96. The van der Waals surface area contributed by atoms with Gasteiger partial charge in [0.15, 0.2) is 0 Å². The highest BCUT2D eigenvalue weighted by molar-refractivity contribution is 7.21. The molecule has 7 heteroatoms. The first kappa shape index (κ1) is 20.1. The Kier molecular flexibility index (Phi) is 5.72. The summed E-state index contributed by atoms with van der Waals surface area (Å²) < 4.78 is 9.18. The van der Waals surface area contributed by atoms with Crippen molar-refractivity contribution in [3.05, 3.63) is 52.2 Å². The molecule has 0 unspecified atom stereocenters. The van der Waals surface area contributed by atoms with E-state index in [2.05, 4.69) is 33.6 Å². The fraction of sp³-hybridized carbons (Fsp3) is 0.455. The predicted molar refractivity (Wildman–Crippen MR) is 116 cm³/mol. The number of amides is 1. The first-order chi connectivity index (χ1) is 13.9. The Labute approximate surface area is 175 Å². The maximum absolute atomic E-state index is 12.9. The number of thiophene rings is 1. The summed E-state index contributed by atoms with van der Waals surface area (Å²) in [7, 11) is 1.95. The van der Waals surface area contributed by atoms with E-state index >= 15 is 0 Å². The van der Waals surface area contributed by atoms with Crippen LogP contribution in [-0.4, -0.2) is 46.3 Å². The third-order valence-corrected chi connectivity index (χ3v) is 6.43. The summed E-state index contributed by atoms with van der Waals surface area (Å²) >= 11 is 1.55. The molecule has 1 fully saturated rings. The third-order valence-electron chi connectivity index (χ3n) is 5.24. The summed E-state index contributed by atoms with van der Waals surface area (Å²) in [6, 6.07) is 8.32. The fourth-order valence-electron chi connectivity index (χ4n) is 3.95. The topological polar surface area (TPSA) is 59.4 Å². The minimum absolute atomic E-state index is 0.0139. The van der Waals surface area contributed by atoms with Crippen molar-refractivity contribution in [1.82, 2.24) is 20.0 Å². The van der Waals surface area contributed by atoms with Crippen LogP contribution < -0.4 is 5.32 Å². The minimum atomic E-state index is -0.121. The first-order valence-electron chi connectivity index (χ1n) is 10.1. The van der Waals surface area contributed by atoms with Gasteiger partial charge in [-0.3, -0.25) is 14.4 Å². The van der Waals surface area contributed by atoms with Crippen LogP contribution in [0.1, 0.15) is 46.4 Å². The molecule has 1 aliphatic rings. The number of ether oxygens (including phenoxy) is 1. The highest BCUT2D eigenvalue weighted by atomic mass is 32.1. The molecule has 0 aliphatic carbocycles. The predicted octanol–water partition coefficient (Wildman–Crippen LogP) is 3.65. The van der Waals surface area contributed by atoms with Crippen molar-refractivity contribution in [3.63, 3.8) is 0 Å². The molecule has 0 spiro atoms. The molecule has 29 heavy (non-hydrogen) atoms. The third kappa shape index (κ3) is 4.22. The van der Waals surface area contributed by atoms with Crippen LogP contribution in [-0.2, 0) is 18.3 Å². The number of benzene rings is 1. The molecule has 1 saturated heterocycles. The Morgan fingerprint density at radius 3 is 2.90 bits per heavy atom. The number of aryl methyl sites for hydroxylation is 2. The van der Waals surface area contributed by atoms with Gasteiger partial charge in [0.2, 0.25) is 0 Å². The molecule has 0 saturated carbocycles. The van der Waals surface area contributed by atoms with Crippen LogP contribution in [0.2, 0.25) is 0 Å². The van der Waals surface area contributed by atoms with Crippen molar-refractivity contribution >= 4 is 27.3 Å². The standard InChI is InChI=1S/C22H28N4O2S/c1-14(2)23-22(27)21-20(17-7-5-6-8-19(17)29-21)18-13-26(9-10-28-18)12-16-11-25(4)24-15(16)3/h5-8,11,14,18H,9-10,12-13H2,1-4H3,(H,23,27)/t18-/m1/s1. The molecule has 1 aromatic carbocycles. The molecular weight excluding hydrogens is 384 g/mol. The normalized spacial score (nSPS) is 17.9. The Bertz CT molecular complexity index is 1020. The van der Waals surface area contributed by atoms with Crippen LogP contribution >= 0.6 is 11.3 Å². The van der Waals surface area contributed by atoms with Crippen molar-refractivity contribution in [1.29, 1.82) is 0 Å². The van der Waals surface area contributed by atoms with Gasteiger partial charge in [0, 0.05) is 54.7 Å². The van der Waals surface area contributed by atoms with Gasteiger partial charge < -0.3 is 10.1 Å². The summed E-state index contributed by atoms with van der Waals surface area (Å²) in [5, 5.41) is 8.63. The SMILES string of the molecule is Cc1nn(C)cc1CN1CCO[C@@H](c2c(C(=O)NC(C)C)sc3ccccc23)C1.